The summed E-state index contributed by atoms with van der Waals surface area (Å²) in [5.74, 6) is 0.272. The van der Waals surface area contributed by atoms with Gasteiger partial charge in [0.25, 0.3) is 0 Å². The van der Waals surface area contributed by atoms with Crippen molar-refractivity contribution in [1.29, 1.82) is 0 Å². The van der Waals surface area contributed by atoms with Gasteiger partial charge in [0, 0.05) is 6.07 Å². The Hall–Kier alpha value is -0.450. The third-order valence-corrected chi connectivity index (χ3v) is 3.63. The Bertz CT molecular complexity index is 328. The minimum atomic E-state index is 0.00201. The van der Waals surface area contributed by atoms with Crippen molar-refractivity contribution in [3.05, 3.63) is 23.8 Å². The van der Waals surface area contributed by atoms with Crippen LogP contribution in [0.1, 0.15) is 38.7 Å². The smallest absolute Gasteiger partial charge is 0.119 e. The first kappa shape index (κ1) is 13.6. The zero-order chi connectivity index (χ0) is 12.2. The van der Waals surface area contributed by atoms with Crippen LogP contribution in [0.3, 0.4) is 0 Å². The number of phenolic OH excluding ortho intramolecular Hbond substituents is 2. The summed E-state index contributed by atoms with van der Waals surface area (Å²) in [6, 6.07) is 4.85. The van der Waals surface area contributed by atoms with E-state index >= 15 is 0 Å². The van der Waals surface area contributed by atoms with Crippen LogP contribution in [0.15, 0.2) is 18.2 Å². The van der Waals surface area contributed by atoms with Crippen molar-refractivity contribution in [1.82, 2.24) is 0 Å². The molecule has 0 fully saturated rings. The van der Waals surface area contributed by atoms with Crippen molar-refractivity contribution >= 4 is 22.6 Å². The molecule has 0 saturated heterocycles. The second-order valence-corrected chi connectivity index (χ2v) is 5.85. The van der Waals surface area contributed by atoms with Crippen molar-refractivity contribution in [3.63, 3.8) is 0 Å². The van der Waals surface area contributed by atoms with Crippen molar-refractivity contribution in [2.24, 2.45) is 0 Å². The molecular weight excluding hydrogens is 315 g/mol. The third-order valence-electron chi connectivity index (χ3n) is 2.87. The maximum Gasteiger partial charge on any atom is 0.119 e. The molecule has 0 unspecified atom stereocenters. The second kappa shape index (κ2) is 5.75. The molecule has 2 N–H and O–H groups in total. The van der Waals surface area contributed by atoms with Crippen LogP contribution in [-0.4, -0.2) is 14.6 Å². The molecule has 0 aliphatic carbocycles. The van der Waals surface area contributed by atoms with Gasteiger partial charge in [0.05, 0.1) is 0 Å². The van der Waals surface area contributed by atoms with Gasteiger partial charge in [0.1, 0.15) is 11.5 Å². The third kappa shape index (κ3) is 3.85. The predicted molar refractivity (Wildman–Crippen MR) is 75.5 cm³/mol. The lowest BCUT2D eigenvalue weighted by Crippen LogP contribution is -2.16. The van der Waals surface area contributed by atoms with Gasteiger partial charge in [-0.3, -0.25) is 0 Å². The van der Waals surface area contributed by atoms with Gasteiger partial charge >= 0.3 is 0 Å². The number of phenols is 2. The molecule has 16 heavy (non-hydrogen) atoms. The maximum atomic E-state index is 9.47. The first-order valence-corrected chi connectivity index (χ1v) is 7.08. The number of aromatic hydroxyl groups is 2. The minimum Gasteiger partial charge on any atom is -0.508 e. The van der Waals surface area contributed by atoms with E-state index < -0.39 is 0 Å². The first-order valence-electron chi connectivity index (χ1n) is 5.55. The molecule has 0 radical (unpaired) electrons. The fourth-order valence-electron chi connectivity index (χ4n) is 1.79. The van der Waals surface area contributed by atoms with Crippen LogP contribution in [0.2, 0.25) is 0 Å². The van der Waals surface area contributed by atoms with E-state index in [9.17, 15) is 10.2 Å². The minimum absolute atomic E-state index is 0.00201. The molecule has 1 aromatic carbocycles. The Morgan fingerprint density at radius 1 is 1.06 bits per heavy atom. The number of alkyl halides is 1. The highest BCUT2D eigenvalue weighted by Gasteiger charge is 2.21. The van der Waals surface area contributed by atoms with E-state index in [-0.39, 0.29) is 16.9 Å². The molecule has 0 saturated carbocycles. The van der Waals surface area contributed by atoms with Gasteiger partial charge in [-0.2, -0.15) is 0 Å². The molecule has 0 amide bonds. The second-order valence-electron chi connectivity index (χ2n) is 4.77. The van der Waals surface area contributed by atoms with Crippen LogP contribution in [0.25, 0.3) is 0 Å². The van der Waals surface area contributed by atoms with Crippen LogP contribution < -0.4 is 0 Å². The molecule has 1 rings (SSSR count). The van der Waals surface area contributed by atoms with E-state index in [1.807, 2.05) is 0 Å². The molecule has 0 spiro atoms. The van der Waals surface area contributed by atoms with Crippen LogP contribution in [0, 0.1) is 0 Å². The molecule has 0 aliphatic heterocycles. The summed E-state index contributed by atoms with van der Waals surface area (Å²) >= 11 is 2.38. The SMILES string of the molecule is CC(C)(CCCCI)c1cc(O)cc(O)c1. The van der Waals surface area contributed by atoms with E-state index in [2.05, 4.69) is 36.4 Å². The standard InChI is InChI=1S/C13H19IO2/c1-13(2,5-3-4-6-14)10-7-11(15)9-12(16)8-10/h7-9,15-16H,3-6H2,1-2H3. The maximum absolute atomic E-state index is 9.47. The fraction of sp³-hybridized carbons (Fsp3) is 0.538. The molecule has 2 nitrogen and oxygen atoms in total. The Labute approximate surface area is 111 Å². The van der Waals surface area contributed by atoms with Gasteiger partial charge in [0.15, 0.2) is 0 Å². The monoisotopic (exact) mass is 334 g/mol. The number of unbranched alkanes of at least 4 members (excludes halogenated alkanes) is 1. The summed E-state index contributed by atoms with van der Waals surface area (Å²) in [7, 11) is 0. The Kier molecular flexibility index (Phi) is 4.89. The van der Waals surface area contributed by atoms with Crippen LogP contribution in [-0.2, 0) is 5.41 Å². The highest BCUT2D eigenvalue weighted by Crippen LogP contribution is 2.33. The number of hydrogen-bond acceptors (Lipinski definition) is 2. The zero-order valence-corrected chi connectivity index (χ0v) is 12.0. The Morgan fingerprint density at radius 3 is 2.12 bits per heavy atom. The van der Waals surface area contributed by atoms with E-state index in [1.54, 1.807) is 12.1 Å². The molecule has 0 bridgehead atoms. The van der Waals surface area contributed by atoms with E-state index in [1.165, 1.54) is 23.3 Å². The topological polar surface area (TPSA) is 40.5 Å². The van der Waals surface area contributed by atoms with Crippen LogP contribution in [0.4, 0.5) is 0 Å². The lowest BCUT2D eigenvalue weighted by atomic mass is 9.80. The summed E-state index contributed by atoms with van der Waals surface area (Å²) in [5.41, 5.74) is 1.00. The number of halogens is 1. The summed E-state index contributed by atoms with van der Waals surface area (Å²) in [4.78, 5) is 0. The van der Waals surface area contributed by atoms with Crippen molar-refractivity contribution < 1.29 is 10.2 Å². The quantitative estimate of drug-likeness (QED) is 0.486. The summed E-state index contributed by atoms with van der Waals surface area (Å²) in [6.45, 7) is 4.29. The number of rotatable bonds is 5. The predicted octanol–water partition coefficient (Wildman–Crippen LogP) is 3.98. The number of benzene rings is 1. The lowest BCUT2D eigenvalue weighted by molar-refractivity contribution is 0.428. The summed E-state index contributed by atoms with van der Waals surface area (Å²) in [5, 5.41) is 18.9. The molecular formula is C13H19IO2. The Morgan fingerprint density at radius 2 is 1.62 bits per heavy atom. The highest BCUT2D eigenvalue weighted by atomic mass is 127. The van der Waals surface area contributed by atoms with E-state index in [0.29, 0.717) is 0 Å². The van der Waals surface area contributed by atoms with Crippen molar-refractivity contribution in [2.75, 3.05) is 4.43 Å². The average molecular weight is 334 g/mol. The first-order chi connectivity index (χ1) is 7.45. The van der Waals surface area contributed by atoms with Gasteiger partial charge < -0.3 is 10.2 Å². The number of hydrogen-bond donors (Lipinski definition) is 2. The largest absolute Gasteiger partial charge is 0.508 e. The van der Waals surface area contributed by atoms with Crippen molar-refractivity contribution in [2.45, 2.75) is 38.5 Å². The van der Waals surface area contributed by atoms with E-state index in [0.717, 1.165) is 12.0 Å². The molecule has 0 atom stereocenters. The molecule has 90 valence electrons. The summed E-state index contributed by atoms with van der Waals surface area (Å²) in [6.07, 6.45) is 3.46. The normalized spacial score (nSPS) is 11.7. The fourth-order valence-corrected chi connectivity index (χ4v) is 2.33. The van der Waals surface area contributed by atoms with Gasteiger partial charge in [0.2, 0.25) is 0 Å². The van der Waals surface area contributed by atoms with Crippen molar-refractivity contribution in [3.8, 4) is 11.5 Å². The average Bonchev–Trinajstić information content (AvgIpc) is 2.16. The molecule has 0 heterocycles. The van der Waals surface area contributed by atoms with Crippen LogP contribution in [0.5, 0.6) is 11.5 Å². The Balaban J connectivity index is 2.80. The highest BCUT2D eigenvalue weighted by molar-refractivity contribution is 14.1. The van der Waals surface area contributed by atoms with Gasteiger partial charge in [-0.05, 0) is 40.4 Å². The van der Waals surface area contributed by atoms with Crippen LogP contribution >= 0.6 is 22.6 Å². The molecule has 3 heteroatoms. The lowest BCUT2D eigenvalue weighted by Gasteiger charge is -2.25. The van der Waals surface area contributed by atoms with Gasteiger partial charge in [-0.1, -0.05) is 42.9 Å². The molecule has 1 aromatic rings. The zero-order valence-electron chi connectivity index (χ0n) is 9.83. The van der Waals surface area contributed by atoms with Gasteiger partial charge in [-0.15, -0.1) is 0 Å². The summed E-state index contributed by atoms with van der Waals surface area (Å²) < 4.78 is 1.18. The van der Waals surface area contributed by atoms with Gasteiger partial charge in [-0.25, -0.2) is 0 Å². The molecule has 0 aliphatic rings. The molecule has 0 aromatic heterocycles. The van der Waals surface area contributed by atoms with E-state index in [4.69, 9.17) is 0 Å².